The van der Waals surface area contributed by atoms with Crippen molar-refractivity contribution in [2.75, 3.05) is 26.7 Å². The minimum Gasteiger partial charge on any atom is -0.467 e. The summed E-state index contributed by atoms with van der Waals surface area (Å²) in [4.78, 5) is 98.9. The van der Waals surface area contributed by atoms with Crippen molar-refractivity contribution in [3.8, 4) is 0 Å². The Bertz CT molecular complexity index is 1970. The molecular weight excluding hydrogens is 833 g/mol. The summed E-state index contributed by atoms with van der Waals surface area (Å²) in [5.74, 6) is -2.73. The Kier molecular flexibility index (Phi) is 18.4. The van der Waals surface area contributed by atoms with Crippen LogP contribution in [-0.4, -0.2) is 113 Å². The van der Waals surface area contributed by atoms with Gasteiger partial charge in [-0.25, -0.2) is 14.4 Å². The fourth-order valence-electron chi connectivity index (χ4n) is 8.21. The standard InChI is InChI=1S/C49H72N6O10/c1-32(2)28-38(52-41(57)39-30-35-20-14-15-21-36(35)31-55(39)42(58)33(3)29-34-18-12-11-13-19-34)40(56)51-37(22-16-17-25-50-45(61)64-47(4,5)6)43(59)54-26-23-49(24-27-54,44(60)63-10)53-46(62)65-48(7,8)9/h11-15,18-21,32-33,37-39H,16-17,22-31H2,1-10H3,(H,50,61)(H,51,56)(H,52,57)(H,53,62)/t33-,37-,38+,39+/m1/s1. The van der Waals surface area contributed by atoms with Gasteiger partial charge >= 0.3 is 18.2 Å². The van der Waals surface area contributed by atoms with Gasteiger partial charge in [0.05, 0.1) is 7.11 Å². The predicted octanol–water partition coefficient (Wildman–Crippen LogP) is 5.59. The van der Waals surface area contributed by atoms with Crippen molar-refractivity contribution in [1.29, 1.82) is 0 Å². The minimum absolute atomic E-state index is 0.0286. The van der Waals surface area contributed by atoms with E-state index in [2.05, 4.69) is 21.3 Å². The molecule has 2 aliphatic heterocycles. The number of carbonyl (C=O) groups excluding carboxylic acids is 7. The van der Waals surface area contributed by atoms with Crippen molar-refractivity contribution in [1.82, 2.24) is 31.1 Å². The fraction of sp³-hybridized carbons (Fsp3) is 0.612. The quantitative estimate of drug-likeness (QED) is 0.0882. The third kappa shape index (κ3) is 15.8. The summed E-state index contributed by atoms with van der Waals surface area (Å²) in [5, 5.41) is 11.3. The number of nitrogens with zero attached hydrogens (tertiary/aromatic N) is 2. The summed E-state index contributed by atoms with van der Waals surface area (Å²) < 4.78 is 15.9. The van der Waals surface area contributed by atoms with Crippen LogP contribution in [0.1, 0.15) is 118 Å². The van der Waals surface area contributed by atoms with E-state index in [1.807, 2.05) is 75.4 Å². The molecule has 358 valence electrons. The zero-order valence-corrected chi connectivity index (χ0v) is 40.0. The minimum atomic E-state index is -1.44. The second kappa shape index (κ2) is 23.0. The Hall–Kier alpha value is -5.67. The number of alkyl carbamates (subject to hydrolysis) is 2. The van der Waals surface area contributed by atoms with E-state index < -0.39 is 76.7 Å². The summed E-state index contributed by atoms with van der Waals surface area (Å²) >= 11 is 0. The first-order valence-electron chi connectivity index (χ1n) is 22.9. The number of amides is 6. The molecule has 6 amide bonds. The number of esters is 1. The van der Waals surface area contributed by atoms with Crippen LogP contribution in [-0.2, 0) is 57.6 Å². The first-order valence-corrected chi connectivity index (χ1v) is 22.9. The van der Waals surface area contributed by atoms with E-state index in [0.717, 1.165) is 16.7 Å². The van der Waals surface area contributed by atoms with E-state index in [1.54, 1.807) is 46.4 Å². The van der Waals surface area contributed by atoms with Crippen LogP contribution in [0.2, 0.25) is 0 Å². The molecule has 2 heterocycles. The van der Waals surface area contributed by atoms with Gasteiger partial charge in [0, 0.05) is 38.5 Å². The fourth-order valence-corrected chi connectivity index (χ4v) is 8.21. The highest BCUT2D eigenvalue weighted by atomic mass is 16.6. The zero-order chi connectivity index (χ0) is 48.1. The van der Waals surface area contributed by atoms with Gasteiger partial charge in [-0.2, -0.15) is 0 Å². The molecule has 4 atom stereocenters. The number of carbonyl (C=O) groups is 7. The Labute approximate surface area is 384 Å². The van der Waals surface area contributed by atoms with Crippen LogP contribution in [0.3, 0.4) is 0 Å². The van der Waals surface area contributed by atoms with Crippen molar-refractivity contribution >= 4 is 41.8 Å². The van der Waals surface area contributed by atoms with Crippen LogP contribution in [0.15, 0.2) is 54.6 Å². The van der Waals surface area contributed by atoms with E-state index in [4.69, 9.17) is 14.2 Å². The topological polar surface area (TPSA) is 202 Å². The lowest BCUT2D eigenvalue weighted by Gasteiger charge is -2.41. The van der Waals surface area contributed by atoms with Gasteiger partial charge in [0.15, 0.2) is 0 Å². The number of rotatable bonds is 17. The van der Waals surface area contributed by atoms with Gasteiger partial charge in [-0.15, -0.1) is 0 Å². The molecule has 2 aromatic rings. The van der Waals surface area contributed by atoms with Crippen molar-refractivity contribution in [2.45, 2.75) is 155 Å². The smallest absolute Gasteiger partial charge is 0.408 e. The maximum absolute atomic E-state index is 14.5. The van der Waals surface area contributed by atoms with Crippen molar-refractivity contribution < 1.29 is 47.8 Å². The highest BCUT2D eigenvalue weighted by Gasteiger charge is 2.46. The molecule has 0 radical (unpaired) electrons. The van der Waals surface area contributed by atoms with Crippen LogP contribution in [0.4, 0.5) is 9.59 Å². The molecule has 0 bridgehead atoms. The van der Waals surface area contributed by atoms with Crippen LogP contribution in [0.25, 0.3) is 0 Å². The number of piperidine rings is 1. The third-order valence-electron chi connectivity index (χ3n) is 11.4. The Balaban J connectivity index is 1.54. The summed E-state index contributed by atoms with van der Waals surface area (Å²) in [7, 11) is 1.23. The van der Waals surface area contributed by atoms with Gasteiger partial charge in [-0.05, 0) is 109 Å². The molecule has 4 N–H and O–H groups in total. The van der Waals surface area contributed by atoms with Crippen molar-refractivity contribution in [3.05, 3.63) is 71.3 Å². The SMILES string of the molecule is COC(=O)C1(NC(=O)OC(C)(C)C)CCN(C(=O)[C@@H](CCCCNC(=O)OC(C)(C)C)NC(=O)[C@H](CC(C)C)NC(=O)[C@@H]2Cc3ccccc3CN2C(=O)[C@H](C)Cc2ccccc2)CC1. The van der Waals surface area contributed by atoms with E-state index in [-0.39, 0.29) is 70.1 Å². The van der Waals surface area contributed by atoms with Gasteiger partial charge in [-0.3, -0.25) is 19.2 Å². The molecule has 0 unspecified atom stereocenters. The molecular formula is C49H72N6O10. The molecule has 0 aromatic heterocycles. The summed E-state index contributed by atoms with van der Waals surface area (Å²) in [6.45, 7) is 16.7. The van der Waals surface area contributed by atoms with Crippen molar-refractivity contribution in [2.24, 2.45) is 11.8 Å². The Morgan fingerprint density at radius 3 is 1.95 bits per heavy atom. The Morgan fingerprint density at radius 1 is 0.754 bits per heavy atom. The van der Waals surface area contributed by atoms with Crippen LogP contribution in [0, 0.1) is 11.8 Å². The largest absolute Gasteiger partial charge is 0.467 e. The highest BCUT2D eigenvalue weighted by Crippen LogP contribution is 2.28. The molecule has 1 saturated heterocycles. The zero-order valence-electron chi connectivity index (χ0n) is 40.0. The molecule has 1 fully saturated rings. The second-order valence-electron chi connectivity index (χ2n) is 19.7. The average Bonchev–Trinajstić information content (AvgIpc) is 3.23. The predicted molar refractivity (Wildman–Crippen MR) is 245 cm³/mol. The maximum Gasteiger partial charge on any atom is 0.408 e. The summed E-state index contributed by atoms with van der Waals surface area (Å²) in [5.41, 5.74) is -0.0270. The van der Waals surface area contributed by atoms with E-state index in [1.165, 1.54) is 12.0 Å². The maximum atomic E-state index is 14.5. The van der Waals surface area contributed by atoms with Crippen LogP contribution < -0.4 is 21.3 Å². The molecule has 65 heavy (non-hydrogen) atoms. The molecule has 0 spiro atoms. The molecule has 16 heteroatoms. The third-order valence-corrected chi connectivity index (χ3v) is 11.4. The van der Waals surface area contributed by atoms with Crippen LogP contribution >= 0.6 is 0 Å². The lowest BCUT2D eigenvalue weighted by Crippen LogP contribution is -2.63. The van der Waals surface area contributed by atoms with Crippen LogP contribution in [0.5, 0.6) is 0 Å². The molecule has 4 rings (SSSR count). The molecule has 16 nitrogen and oxygen atoms in total. The average molecular weight is 905 g/mol. The van der Waals surface area contributed by atoms with E-state index in [0.29, 0.717) is 19.3 Å². The molecule has 0 saturated carbocycles. The van der Waals surface area contributed by atoms with Gasteiger partial charge in [-0.1, -0.05) is 75.4 Å². The van der Waals surface area contributed by atoms with E-state index >= 15 is 0 Å². The molecule has 2 aliphatic rings. The Morgan fingerprint density at radius 2 is 1.35 bits per heavy atom. The van der Waals surface area contributed by atoms with Crippen molar-refractivity contribution in [3.63, 3.8) is 0 Å². The van der Waals surface area contributed by atoms with Gasteiger partial charge < -0.3 is 45.3 Å². The number of unbranched alkanes of at least 4 members (excludes halogenated alkanes) is 1. The summed E-state index contributed by atoms with van der Waals surface area (Å²) in [6, 6.07) is 14.5. The first kappa shape index (κ1) is 52.0. The molecule has 0 aliphatic carbocycles. The number of ether oxygens (including phenoxy) is 3. The van der Waals surface area contributed by atoms with E-state index in [9.17, 15) is 33.6 Å². The first-order chi connectivity index (χ1) is 30.5. The monoisotopic (exact) mass is 905 g/mol. The normalized spacial score (nSPS) is 17.4. The number of hydrogen-bond donors (Lipinski definition) is 4. The number of methoxy groups -OCH3 is 1. The van der Waals surface area contributed by atoms with Gasteiger partial charge in [0.2, 0.25) is 23.6 Å². The number of nitrogens with one attached hydrogen (secondary N) is 4. The summed E-state index contributed by atoms with van der Waals surface area (Å²) in [6.07, 6.45) is 0.795. The second-order valence-corrected chi connectivity index (χ2v) is 19.7. The van der Waals surface area contributed by atoms with Gasteiger partial charge in [0.1, 0.15) is 34.9 Å². The van der Waals surface area contributed by atoms with Gasteiger partial charge in [0.25, 0.3) is 0 Å². The number of fused-ring (bicyclic) bond motifs is 1. The highest BCUT2D eigenvalue weighted by molar-refractivity contribution is 5.95. The molecule has 2 aromatic carbocycles. The lowest BCUT2D eigenvalue weighted by molar-refractivity contribution is -0.153. The number of hydrogen-bond acceptors (Lipinski definition) is 10. The number of likely N-dealkylation sites (tertiary alicyclic amines) is 1. The lowest BCUT2D eigenvalue weighted by atomic mass is 9.87. The number of benzene rings is 2.